The molecule has 2 aromatic carbocycles. The number of carbonyl (C=O) groups excluding carboxylic acids is 1. The van der Waals surface area contributed by atoms with Gasteiger partial charge >= 0.3 is 12.1 Å². The molecule has 0 aliphatic heterocycles. The highest BCUT2D eigenvalue weighted by atomic mass is 16.6. The number of carbonyl (C=O) groups is 1. The molecule has 37 heavy (non-hydrogen) atoms. The van der Waals surface area contributed by atoms with Crippen LogP contribution >= 0.6 is 0 Å². The summed E-state index contributed by atoms with van der Waals surface area (Å²) in [6, 6.07) is 18.1. The molecule has 0 bridgehead atoms. The van der Waals surface area contributed by atoms with E-state index in [4.69, 9.17) is 9.47 Å². The molecule has 0 radical (unpaired) electrons. The number of nitriles is 1. The third-order valence-electron chi connectivity index (χ3n) is 7.26. The fourth-order valence-electron chi connectivity index (χ4n) is 4.91. The number of fused-ring (bicyclic) bond motifs is 1. The van der Waals surface area contributed by atoms with Gasteiger partial charge in [-0.15, -0.1) is 0 Å². The van der Waals surface area contributed by atoms with E-state index in [1.54, 1.807) is 18.5 Å². The van der Waals surface area contributed by atoms with E-state index in [1.165, 1.54) is 6.42 Å². The molecule has 0 unspecified atom stereocenters. The Kier molecular flexibility index (Phi) is 5.97. The maximum absolute atomic E-state index is 12.3. The van der Waals surface area contributed by atoms with Gasteiger partial charge in [0, 0.05) is 29.5 Å². The first-order chi connectivity index (χ1) is 18.1. The summed E-state index contributed by atoms with van der Waals surface area (Å²) in [7, 11) is 0. The summed E-state index contributed by atoms with van der Waals surface area (Å²) in [6.07, 6.45) is 8.28. The van der Waals surface area contributed by atoms with Gasteiger partial charge in [0.2, 0.25) is 0 Å². The summed E-state index contributed by atoms with van der Waals surface area (Å²) in [5, 5.41) is 13.9. The summed E-state index contributed by atoms with van der Waals surface area (Å²) in [6.45, 7) is 1.94. The molecule has 1 amide bonds. The highest BCUT2D eigenvalue weighted by molar-refractivity contribution is 5.96. The molecule has 2 saturated carbocycles. The molecule has 8 nitrogen and oxygen atoms in total. The molecule has 186 valence electrons. The highest BCUT2D eigenvalue weighted by Gasteiger charge is 2.31. The Bertz CT molecular complexity index is 1480. The van der Waals surface area contributed by atoms with Crippen LogP contribution in [0.15, 0.2) is 60.9 Å². The van der Waals surface area contributed by atoms with E-state index in [9.17, 15) is 10.1 Å². The number of hydrogen-bond acceptors (Lipinski definition) is 6. The van der Waals surface area contributed by atoms with Crippen LogP contribution in [0.1, 0.15) is 50.6 Å². The van der Waals surface area contributed by atoms with Gasteiger partial charge in [0.25, 0.3) is 0 Å². The lowest BCUT2D eigenvalue weighted by Crippen LogP contribution is -2.21. The number of benzene rings is 2. The molecule has 2 heterocycles. The van der Waals surface area contributed by atoms with Crippen molar-refractivity contribution in [3.05, 3.63) is 66.5 Å². The van der Waals surface area contributed by atoms with Gasteiger partial charge < -0.3 is 14.0 Å². The Morgan fingerprint density at radius 3 is 2.51 bits per heavy atom. The predicted octanol–water partition coefficient (Wildman–Crippen LogP) is 6.83. The largest absolute Gasteiger partial charge is 0.446 e. The minimum Gasteiger partial charge on any atom is -0.446 e. The lowest BCUT2D eigenvalue weighted by Gasteiger charge is -2.30. The molecule has 0 spiro atoms. The SMILES string of the molecule is C[C@@H](OC(=O)Nc1ccc(-c2c(C#N)c3cc(Oc4ncccn4)ccc3n2C2CCC2)cc1)C1CC1. The van der Waals surface area contributed by atoms with Gasteiger partial charge in [-0.3, -0.25) is 5.32 Å². The van der Waals surface area contributed by atoms with Gasteiger partial charge in [0.1, 0.15) is 17.9 Å². The second kappa shape index (κ2) is 9.58. The first-order valence-corrected chi connectivity index (χ1v) is 12.7. The molecule has 2 aliphatic rings. The van der Waals surface area contributed by atoms with Gasteiger partial charge in [-0.2, -0.15) is 5.26 Å². The topological polar surface area (TPSA) is 102 Å². The Labute approximate surface area is 214 Å². The van der Waals surface area contributed by atoms with Crippen LogP contribution in [0, 0.1) is 17.2 Å². The average molecular weight is 494 g/mol. The van der Waals surface area contributed by atoms with Crippen molar-refractivity contribution in [1.29, 1.82) is 5.26 Å². The Hall–Kier alpha value is -4.38. The number of amides is 1. The Morgan fingerprint density at radius 2 is 1.86 bits per heavy atom. The van der Waals surface area contributed by atoms with E-state index in [-0.39, 0.29) is 12.1 Å². The molecular formula is C29H27N5O3. The molecule has 2 aromatic heterocycles. The van der Waals surface area contributed by atoms with E-state index in [0.717, 1.165) is 47.8 Å². The van der Waals surface area contributed by atoms with E-state index in [2.05, 4.69) is 25.9 Å². The predicted molar refractivity (Wildman–Crippen MR) is 139 cm³/mol. The number of rotatable bonds is 7. The number of anilines is 1. The van der Waals surface area contributed by atoms with Crippen LogP contribution < -0.4 is 10.1 Å². The zero-order valence-corrected chi connectivity index (χ0v) is 20.6. The van der Waals surface area contributed by atoms with E-state index >= 15 is 0 Å². The number of ether oxygens (including phenoxy) is 2. The zero-order valence-electron chi connectivity index (χ0n) is 20.6. The third-order valence-corrected chi connectivity index (χ3v) is 7.26. The quantitative estimate of drug-likeness (QED) is 0.303. The fraction of sp³-hybridized carbons (Fsp3) is 0.310. The Morgan fingerprint density at radius 1 is 1.11 bits per heavy atom. The molecule has 1 atom stereocenters. The van der Waals surface area contributed by atoms with Crippen LogP contribution in [0.2, 0.25) is 0 Å². The fourth-order valence-corrected chi connectivity index (χ4v) is 4.91. The third kappa shape index (κ3) is 4.60. The molecule has 2 fully saturated rings. The van der Waals surface area contributed by atoms with Crippen LogP contribution in [-0.4, -0.2) is 26.7 Å². The molecule has 8 heteroatoms. The second-order valence-corrected chi connectivity index (χ2v) is 9.75. The minimum atomic E-state index is -0.441. The zero-order chi connectivity index (χ0) is 25.4. The first-order valence-electron chi connectivity index (χ1n) is 12.7. The maximum Gasteiger partial charge on any atom is 0.411 e. The van der Waals surface area contributed by atoms with Crippen LogP contribution in [0.5, 0.6) is 11.8 Å². The van der Waals surface area contributed by atoms with Gasteiger partial charge in [-0.05, 0) is 86.9 Å². The average Bonchev–Trinajstić information content (AvgIpc) is 3.68. The minimum absolute atomic E-state index is 0.0713. The van der Waals surface area contributed by atoms with Crippen molar-refractivity contribution in [2.24, 2.45) is 5.92 Å². The van der Waals surface area contributed by atoms with Gasteiger partial charge in [0.05, 0.1) is 16.8 Å². The molecule has 0 saturated heterocycles. The van der Waals surface area contributed by atoms with Crippen LogP contribution in [-0.2, 0) is 4.74 Å². The number of hydrogen-bond donors (Lipinski definition) is 1. The number of nitrogens with one attached hydrogen (secondary N) is 1. The summed E-state index contributed by atoms with van der Waals surface area (Å²) in [4.78, 5) is 20.5. The molecule has 1 N–H and O–H groups in total. The second-order valence-electron chi connectivity index (χ2n) is 9.75. The smallest absolute Gasteiger partial charge is 0.411 e. The normalized spacial score (nSPS) is 16.0. The number of nitrogens with zero attached hydrogens (tertiary/aromatic N) is 4. The van der Waals surface area contributed by atoms with Crippen molar-refractivity contribution in [3.63, 3.8) is 0 Å². The van der Waals surface area contributed by atoms with Crippen molar-refractivity contribution in [2.75, 3.05) is 5.32 Å². The van der Waals surface area contributed by atoms with Crippen LogP contribution in [0.4, 0.5) is 10.5 Å². The van der Waals surface area contributed by atoms with Crippen molar-refractivity contribution in [2.45, 2.75) is 51.2 Å². The van der Waals surface area contributed by atoms with Crippen molar-refractivity contribution in [3.8, 4) is 29.1 Å². The first kappa shape index (κ1) is 23.0. The lowest BCUT2D eigenvalue weighted by molar-refractivity contribution is 0.108. The highest BCUT2D eigenvalue weighted by Crippen LogP contribution is 2.43. The van der Waals surface area contributed by atoms with Crippen molar-refractivity contribution >= 4 is 22.7 Å². The summed E-state index contributed by atoms with van der Waals surface area (Å²) >= 11 is 0. The van der Waals surface area contributed by atoms with Crippen LogP contribution in [0.25, 0.3) is 22.2 Å². The van der Waals surface area contributed by atoms with E-state index in [1.807, 2.05) is 49.4 Å². The molecule has 2 aliphatic carbocycles. The van der Waals surface area contributed by atoms with Gasteiger partial charge in [-0.1, -0.05) is 12.1 Å². The number of aromatic nitrogens is 3. The molecule has 6 rings (SSSR count). The monoisotopic (exact) mass is 493 g/mol. The van der Waals surface area contributed by atoms with E-state index < -0.39 is 6.09 Å². The van der Waals surface area contributed by atoms with Gasteiger partial charge in [0.15, 0.2) is 0 Å². The molecule has 4 aromatic rings. The maximum atomic E-state index is 12.3. The van der Waals surface area contributed by atoms with Crippen molar-refractivity contribution < 1.29 is 14.3 Å². The molecular weight excluding hydrogens is 466 g/mol. The van der Waals surface area contributed by atoms with E-state index in [0.29, 0.717) is 29.0 Å². The lowest BCUT2D eigenvalue weighted by atomic mass is 9.92. The summed E-state index contributed by atoms with van der Waals surface area (Å²) in [5.41, 5.74) is 4.04. The standard InChI is InChI=1S/C29H27N5O3/c1-18(19-6-7-19)36-29(35)33-21-10-8-20(9-11-21)27-25(17-30)24-16-23(37-28-31-14-3-15-32-28)12-13-26(24)34(27)22-4-2-5-22/h3,8-16,18-19,22H,2,4-7H2,1H3,(H,33,35)/t18-/m1/s1. The summed E-state index contributed by atoms with van der Waals surface area (Å²) in [5.74, 6) is 1.06. The Balaban J connectivity index is 1.33. The van der Waals surface area contributed by atoms with Gasteiger partial charge in [-0.25, -0.2) is 14.8 Å². The summed E-state index contributed by atoms with van der Waals surface area (Å²) < 4.78 is 13.6. The van der Waals surface area contributed by atoms with Crippen LogP contribution in [0.3, 0.4) is 0 Å². The van der Waals surface area contributed by atoms with Crippen molar-refractivity contribution in [1.82, 2.24) is 14.5 Å².